The van der Waals surface area contributed by atoms with Crippen molar-refractivity contribution in [2.45, 2.75) is 27.3 Å². The molecule has 7 heteroatoms. The average molecular weight is 447 g/mol. The fourth-order valence-corrected chi connectivity index (χ4v) is 3.50. The van der Waals surface area contributed by atoms with Crippen molar-refractivity contribution in [3.05, 3.63) is 82.2 Å². The Bertz CT molecular complexity index is 1190. The van der Waals surface area contributed by atoms with E-state index in [4.69, 9.17) is 4.74 Å². The van der Waals surface area contributed by atoms with Crippen LogP contribution in [0.2, 0.25) is 0 Å². The fraction of sp³-hybridized carbons (Fsp3) is 0.269. The minimum atomic E-state index is -0.326. The van der Waals surface area contributed by atoms with Gasteiger partial charge in [0.25, 0.3) is 5.91 Å². The summed E-state index contributed by atoms with van der Waals surface area (Å²) in [6.07, 6.45) is 3.23. The summed E-state index contributed by atoms with van der Waals surface area (Å²) in [6.45, 7) is 6.64. The minimum absolute atomic E-state index is 0.157. The van der Waals surface area contributed by atoms with E-state index in [1.807, 2.05) is 18.5 Å². The molecule has 2 aromatic carbocycles. The maximum atomic E-state index is 12.6. The molecule has 2 amide bonds. The van der Waals surface area contributed by atoms with Gasteiger partial charge in [-0.3, -0.25) is 14.3 Å². The summed E-state index contributed by atoms with van der Waals surface area (Å²) >= 11 is 0. The summed E-state index contributed by atoms with van der Waals surface area (Å²) in [6, 6.07) is 13.3. The molecule has 172 valence electrons. The number of aryl methyl sites for hydroxylation is 2. The SMILES string of the molecule is COc1ccc(C(=O)N(C)C)cc1NC(=O)C=Cc1c(C)nn(Cc2ccc(C)cc2)c1C. The van der Waals surface area contributed by atoms with Gasteiger partial charge in [-0.2, -0.15) is 5.10 Å². The van der Waals surface area contributed by atoms with Crippen molar-refractivity contribution in [2.24, 2.45) is 0 Å². The van der Waals surface area contributed by atoms with Crippen molar-refractivity contribution in [1.29, 1.82) is 0 Å². The zero-order valence-electron chi connectivity index (χ0n) is 20.0. The third-order valence-corrected chi connectivity index (χ3v) is 5.40. The van der Waals surface area contributed by atoms with Gasteiger partial charge in [0.2, 0.25) is 5.91 Å². The maximum Gasteiger partial charge on any atom is 0.253 e. The summed E-state index contributed by atoms with van der Waals surface area (Å²) in [5.74, 6) is -0.00546. The van der Waals surface area contributed by atoms with Crippen molar-refractivity contribution in [3.63, 3.8) is 0 Å². The van der Waals surface area contributed by atoms with Crippen LogP contribution in [-0.4, -0.2) is 47.7 Å². The Labute approximate surface area is 194 Å². The number of methoxy groups -OCH3 is 1. The first-order valence-corrected chi connectivity index (χ1v) is 10.7. The first kappa shape index (κ1) is 23.8. The molecule has 3 aromatic rings. The van der Waals surface area contributed by atoms with Crippen molar-refractivity contribution < 1.29 is 14.3 Å². The van der Waals surface area contributed by atoms with Crippen LogP contribution in [0.4, 0.5) is 5.69 Å². The van der Waals surface area contributed by atoms with Gasteiger partial charge in [0, 0.05) is 37.0 Å². The molecule has 0 saturated carbocycles. The van der Waals surface area contributed by atoms with Gasteiger partial charge in [0.15, 0.2) is 0 Å². The van der Waals surface area contributed by atoms with Crippen molar-refractivity contribution in [1.82, 2.24) is 14.7 Å². The van der Waals surface area contributed by atoms with Crippen LogP contribution < -0.4 is 10.1 Å². The van der Waals surface area contributed by atoms with Crippen LogP contribution in [0.15, 0.2) is 48.5 Å². The van der Waals surface area contributed by atoms with Crippen LogP contribution in [0.1, 0.15) is 38.4 Å². The van der Waals surface area contributed by atoms with Crippen LogP contribution in [0, 0.1) is 20.8 Å². The van der Waals surface area contributed by atoms with Gasteiger partial charge < -0.3 is 15.0 Å². The Morgan fingerprint density at radius 1 is 1.09 bits per heavy atom. The molecular weight excluding hydrogens is 416 g/mol. The number of carbonyl (C=O) groups excluding carboxylic acids is 2. The summed E-state index contributed by atoms with van der Waals surface area (Å²) in [5.41, 5.74) is 6.01. The molecule has 1 aromatic heterocycles. The summed E-state index contributed by atoms with van der Waals surface area (Å²) < 4.78 is 7.27. The van der Waals surface area contributed by atoms with E-state index in [2.05, 4.69) is 41.6 Å². The first-order valence-electron chi connectivity index (χ1n) is 10.7. The zero-order valence-corrected chi connectivity index (χ0v) is 20.0. The predicted molar refractivity (Wildman–Crippen MR) is 131 cm³/mol. The highest BCUT2D eigenvalue weighted by Gasteiger charge is 2.14. The number of carbonyl (C=O) groups is 2. The molecule has 0 unspecified atom stereocenters. The molecule has 0 radical (unpaired) electrons. The topological polar surface area (TPSA) is 76.5 Å². The van der Waals surface area contributed by atoms with E-state index in [0.29, 0.717) is 23.5 Å². The van der Waals surface area contributed by atoms with E-state index in [9.17, 15) is 9.59 Å². The number of aromatic nitrogens is 2. The van der Waals surface area contributed by atoms with Gasteiger partial charge in [-0.1, -0.05) is 29.8 Å². The highest BCUT2D eigenvalue weighted by Crippen LogP contribution is 2.26. The number of anilines is 1. The van der Waals surface area contributed by atoms with Gasteiger partial charge in [-0.15, -0.1) is 0 Å². The summed E-state index contributed by atoms with van der Waals surface area (Å²) in [5, 5.41) is 7.44. The second-order valence-corrected chi connectivity index (χ2v) is 8.16. The number of hydrogen-bond acceptors (Lipinski definition) is 4. The van der Waals surface area contributed by atoms with Crippen LogP contribution >= 0.6 is 0 Å². The van der Waals surface area contributed by atoms with Gasteiger partial charge in [-0.05, 0) is 50.6 Å². The molecule has 0 aliphatic carbocycles. The smallest absolute Gasteiger partial charge is 0.253 e. The van der Waals surface area contributed by atoms with E-state index in [0.717, 1.165) is 17.0 Å². The Kier molecular flexibility index (Phi) is 7.33. The molecule has 3 rings (SSSR count). The molecule has 0 fully saturated rings. The molecule has 1 heterocycles. The van der Waals surface area contributed by atoms with Crippen molar-refractivity contribution >= 4 is 23.6 Å². The molecule has 0 spiro atoms. The lowest BCUT2D eigenvalue weighted by Gasteiger charge is -2.14. The highest BCUT2D eigenvalue weighted by molar-refractivity contribution is 6.04. The lowest BCUT2D eigenvalue weighted by Crippen LogP contribution is -2.22. The fourth-order valence-electron chi connectivity index (χ4n) is 3.50. The monoisotopic (exact) mass is 446 g/mol. The van der Waals surface area contributed by atoms with Crippen LogP contribution in [0.3, 0.4) is 0 Å². The predicted octanol–water partition coefficient (Wildman–Crippen LogP) is 4.22. The third-order valence-electron chi connectivity index (χ3n) is 5.40. The normalized spacial score (nSPS) is 11.0. The number of hydrogen-bond donors (Lipinski definition) is 1. The Balaban J connectivity index is 1.77. The van der Waals surface area contributed by atoms with Gasteiger partial charge in [-0.25, -0.2) is 0 Å². The molecule has 0 aliphatic heterocycles. The molecular formula is C26H30N4O3. The summed E-state index contributed by atoms with van der Waals surface area (Å²) in [4.78, 5) is 26.4. The van der Waals surface area contributed by atoms with E-state index in [1.165, 1.54) is 29.2 Å². The molecule has 0 atom stereocenters. The molecule has 0 aliphatic rings. The largest absolute Gasteiger partial charge is 0.495 e. The third kappa shape index (κ3) is 5.68. The van der Waals surface area contributed by atoms with Gasteiger partial charge in [0.1, 0.15) is 5.75 Å². The molecule has 0 saturated heterocycles. The molecule has 33 heavy (non-hydrogen) atoms. The second-order valence-electron chi connectivity index (χ2n) is 8.16. The van der Waals surface area contributed by atoms with Crippen LogP contribution in [0.5, 0.6) is 5.75 Å². The highest BCUT2D eigenvalue weighted by atomic mass is 16.5. The van der Waals surface area contributed by atoms with Gasteiger partial charge >= 0.3 is 0 Å². The number of ether oxygens (including phenoxy) is 1. The van der Waals surface area contributed by atoms with E-state index in [-0.39, 0.29) is 11.8 Å². The molecule has 7 nitrogen and oxygen atoms in total. The first-order chi connectivity index (χ1) is 15.7. The minimum Gasteiger partial charge on any atom is -0.495 e. The van der Waals surface area contributed by atoms with Crippen molar-refractivity contribution in [3.8, 4) is 5.75 Å². The number of amides is 2. The second kappa shape index (κ2) is 10.2. The molecule has 0 bridgehead atoms. The lowest BCUT2D eigenvalue weighted by molar-refractivity contribution is -0.111. The molecule has 1 N–H and O–H groups in total. The maximum absolute atomic E-state index is 12.6. The number of nitrogens with one attached hydrogen (secondary N) is 1. The van der Waals surface area contributed by atoms with Gasteiger partial charge in [0.05, 0.1) is 25.0 Å². The number of benzene rings is 2. The number of rotatable bonds is 7. The summed E-state index contributed by atoms with van der Waals surface area (Å²) in [7, 11) is 4.87. The van der Waals surface area contributed by atoms with Crippen molar-refractivity contribution in [2.75, 3.05) is 26.5 Å². The van der Waals surface area contributed by atoms with E-state index < -0.39 is 0 Å². The van der Waals surface area contributed by atoms with E-state index in [1.54, 1.807) is 38.4 Å². The quantitative estimate of drug-likeness (QED) is 0.552. The average Bonchev–Trinajstić information content (AvgIpc) is 3.05. The standard InChI is InChI=1S/C26H30N4O3/c1-17-7-9-20(10-8-17)16-30-19(3)22(18(2)28-30)12-14-25(31)27-23-15-21(26(32)29(4)5)11-13-24(23)33-6/h7-15H,16H2,1-6H3,(H,27,31). The number of nitrogens with zero attached hydrogens (tertiary/aromatic N) is 3. The van der Waals surface area contributed by atoms with E-state index >= 15 is 0 Å². The van der Waals surface area contributed by atoms with Crippen LogP contribution in [0.25, 0.3) is 6.08 Å². The Morgan fingerprint density at radius 3 is 2.42 bits per heavy atom. The van der Waals surface area contributed by atoms with Crippen LogP contribution in [-0.2, 0) is 11.3 Å². The Morgan fingerprint density at radius 2 is 1.79 bits per heavy atom. The lowest BCUT2D eigenvalue weighted by atomic mass is 10.1. The Hall–Kier alpha value is -3.87. The zero-order chi connectivity index (χ0) is 24.1.